The van der Waals surface area contributed by atoms with Crippen molar-refractivity contribution in [2.75, 3.05) is 7.11 Å². The molecule has 2 aromatic heterocycles. The third-order valence-corrected chi connectivity index (χ3v) is 4.71. The summed E-state index contributed by atoms with van der Waals surface area (Å²) >= 11 is 1.00. The highest BCUT2D eigenvalue weighted by Gasteiger charge is 2.18. The van der Waals surface area contributed by atoms with E-state index in [1.807, 2.05) is 24.3 Å². The van der Waals surface area contributed by atoms with Crippen molar-refractivity contribution in [1.29, 1.82) is 0 Å². The molecule has 0 unspecified atom stereocenters. The van der Waals surface area contributed by atoms with E-state index in [-0.39, 0.29) is 10.4 Å². The van der Waals surface area contributed by atoms with Gasteiger partial charge in [0.05, 0.1) is 12.5 Å². The van der Waals surface area contributed by atoms with Crippen molar-refractivity contribution in [3.05, 3.63) is 56.4 Å². The van der Waals surface area contributed by atoms with Crippen molar-refractivity contribution < 1.29 is 14.6 Å². The summed E-state index contributed by atoms with van der Waals surface area (Å²) in [5.74, 6) is 0.0471. The molecule has 0 spiro atoms. The quantitative estimate of drug-likeness (QED) is 0.760. The molecule has 0 amide bonds. The summed E-state index contributed by atoms with van der Waals surface area (Å²) in [4.78, 5) is 31.0. The van der Waals surface area contributed by atoms with Crippen LogP contribution in [-0.2, 0) is 0 Å². The molecule has 0 radical (unpaired) electrons. The number of nitrogens with zero attached hydrogens (tertiary/aromatic N) is 1. The molecule has 6 nitrogen and oxygen atoms in total. The number of aryl methyl sites for hydroxylation is 1. The molecule has 24 heavy (non-hydrogen) atoms. The zero-order chi connectivity index (χ0) is 17.3. The third-order valence-electron chi connectivity index (χ3n) is 3.54. The number of fused-ring (bicyclic) bond motifs is 1. The second kappa shape index (κ2) is 6.29. The monoisotopic (exact) mass is 342 g/mol. The van der Waals surface area contributed by atoms with Crippen LogP contribution in [0.5, 0.6) is 5.75 Å². The number of rotatable bonds is 4. The van der Waals surface area contributed by atoms with Gasteiger partial charge in [0.1, 0.15) is 21.3 Å². The number of hydrogen-bond donors (Lipinski definition) is 2. The number of thiophene rings is 1. The molecular formula is C17H14N2O4S. The lowest BCUT2D eigenvalue weighted by molar-refractivity contribution is 0.0701. The number of aromatic amines is 1. The van der Waals surface area contributed by atoms with Gasteiger partial charge in [-0.15, -0.1) is 11.3 Å². The second-order valence-corrected chi connectivity index (χ2v) is 6.10. The van der Waals surface area contributed by atoms with Crippen LogP contribution >= 0.6 is 11.3 Å². The molecule has 0 saturated carbocycles. The van der Waals surface area contributed by atoms with Crippen LogP contribution in [-0.4, -0.2) is 28.2 Å². The predicted molar refractivity (Wildman–Crippen MR) is 93.9 cm³/mol. The van der Waals surface area contributed by atoms with Crippen LogP contribution in [0.3, 0.4) is 0 Å². The lowest BCUT2D eigenvalue weighted by Crippen LogP contribution is -2.09. The van der Waals surface area contributed by atoms with E-state index in [0.717, 1.165) is 22.6 Å². The van der Waals surface area contributed by atoms with Crippen LogP contribution in [0.25, 0.3) is 22.4 Å². The minimum absolute atomic E-state index is 0.136. The van der Waals surface area contributed by atoms with E-state index in [9.17, 15) is 14.7 Å². The lowest BCUT2D eigenvalue weighted by atomic mass is 10.2. The fourth-order valence-electron chi connectivity index (χ4n) is 2.36. The average Bonchev–Trinajstić information content (AvgIpc) is 2.90. The number of benzene rings is 1. The van der Waals surface area contributed by atoms with Crippen molar-refractivity contribution in [3.8, 4) is 5.75 Å². The van der Waals surface area contributed by atoms with Gasteiger partial charge >= 0.3 is 5.97 Å². The molecule has 1 aromatic carbocycles. The number of methoxy groups -OCH3 is 1. The first-order valence-electron chi connectivity index (χ1n) is 7.08. The smallest absolute Gasteiger partial charge is 0.346 e. The number of aromatic nitrogens is 2. The zero-order valence-corrected chi connectivity index (χ0v) is 13.8. The maximum atomic E-state index is 12.2. The van der Waals surface area contributed by atoms with Crippen molar-refractivity contribution in [1.82, 2.24) is 9.97 Å². The number of H-pyrrole nitrogens is 1. The SMILES string of the molecule is COc1cccc(/C=C/c2nc3sc(C(=O)O)c(C)c3c(=O)[nH]2)c1. The summed E-state index contributed by atoms with van der Waals surface area (Å²) in [6, 6.07) is 7.45. The number of hydrogen-bond acceptors (Lipinski definition) is 5. The summed E-state index contributed by atoms with van der Waals surface area (Å²) < 4.78 is 5.16. The first kappa shape index (κ1) is 15.9. The van der Waals surface area contributed by atoms with Crippen LogP contribution in [0.15, 0.2) is 29.1 Å². The van der Waals surface area contributed by atoms with Gasteiger partial charge in [-0.3, -0.25) is 4.79 Å². The van der Waals surface area contributed by atoms with Crippen LogP contribution in [0.1, 0.15) is 26.6 Å². The Balaban J connectivity index is 2.03. The summed E-state index contributed by atoms with van der Waals surface area (Å²) in [6.45, 7) is 1.62. The molecule has 0 aliphatic carbocycles. The van der Waals surface area contributed by atoms with Gasteiger partial charge in [-0.1, -0.05) is 18.2 Å². The topological polar surface area (TPSA) is 92.3 Å². The number of carboxylic acid groups (broad SMARTS) is 1. The Labute approximate surface area is 141 Å². The molecule has 122 valence electrons. The molecule has 0 aliphatic rings. The van der Waals surface area contributed by atoms with E-state index in [0.29, 0.717) is 21.6 Å². The standard InChI is InChI=1S/C17H14N2O4S/c1-9-13-15(20)18-12(19-16(13)24-14(9)17(21)22)7-6-10-4-3-5-11(8-10)23-2/h3-8H,1-2H3,(H,21,22)(H,18,19,20)/b7-6+. The molecule has 0 bridgehead atoms. The van der Waals surface area contributed by atoms with Crippen LogP contribution < -0.4 is 10.3 Å². The highest BCUT2D eigenvalue weighted by molar-refractivity contribution is 7.20. The van der Waals surface area contributed by atoms with Crippen molar-refractivity contribution in [2.24, 2.45) is 0 Å². The minimum atomic E-state index is -1.05. The predicted octanol–water partition coefficient (Wildman–Crippen LogP) is 3.17. The van der Waals surface area contributed by atoms with Gasteiger partial charge in [-0.2, -0.15) is 0 Å². The van der Waals surface area contributed by atoms with Crippen LogP contribution in [0, 0.1) is 6.92 Å². The molecule has 7 heteroatoms. The highest BCUT2D eigenvalue weighted by atomic mass is 32.1. The molecule has 3 rings (SSSR count). The summed E-state index contributed by atoms with van der Waals surface area (Å²) in [5, 5.41) is 9.50. The Kier molecular flexibility index (Phi) is 4.18. The van der Waals surface area contributed by atoms with Gasteiger partial charge in [0.15, 0.2) is 0 Å². The maximum absolute atomic E-state index is 12.2. The summed E-state index contributed by atoms with van der Waals surface area (Å²) in [6.07, 6.45) is 3.47. The van der Waals surface area contributed by atoms with E-state index in [1.165, 1.54) is 0 Å². The molecule has 0 atom stereocenters. The third kappa shape index (κ3) is 2.93. The first-order chi connectivity index (χ1) is 11.5. The Hall–Kier alpha value is -2.93. The Morgan fingerprint density at radius 3 is 2.88 bits per heavy atom. The first-order valence-corrected chi connectivity index (χ1v) is 7.90. The average molecular weight is 342 g/mol. The van der Waals surface area contributed by atoms with Gasteiger partial charge < -0.3 is 14.8 Å². The Morgan fingerprint density at radius 1 is 1.38 bits per heavy atom. The van der Waals surface area contributed by atoms with Crippen molar-refractivity contribution in [2.45, 2.75) is 6.92 Å². The Bertz CT molecular complexity index is 1020. The fraction of sp³-hybridized carbons (Fsp3) is 0.118. The fourth-order valence-corrected chi connectivity index (χ4v) is 3.39. The van der Waals surface area contributed by atoms with Crippen LogP contribution in [0.4, 0.5) is 0 Å². The van der Waals surface area contributed by atoms with E-state index >= 15 is 0 Å². The lowest BCUT2D eigenvalue weighted by Gasteiger charge is -2.00. The minimum Gasteiger partial charge on any atom is -0.497 e. The number of aromatic carboxylic acids is 1. The molecule has 0 aliphatic heterocycles. The Morgan fingerprint density at radius 2 is 2.17 bits per heavy atom. The van der Waals surface area contributed by atoms with E-state index in [4.69, 9.17) is 4.74 Å². The highest BCUT2D eigenvalue weighted by Crippen LogP contribution is 2.27. The molecule has 0 fully saturated rings. The van der Waals surface area contributed by atoms with E-state index in [2.05, 4.69) is 9.97 Å². The van der Waals surface area contributed by atoms with E-state index in [1.54, 1.807) is 26.2 Å². The molecule has 2 N–H and O–H groups in total. The summed E-state index contributed by atoms with van der Waals surface area (Å²) in [5.41, 5.74) is 0.997. The number of nitrogens with one attached hydrogen (secondary N) is 1. The van der Waals surface area contributed by atoms with Gasteiger partial charge in [-0.05, 0) is 36.3 Å². The maximum Gasteiger partial charge on any atom is 0.346 e. The van der Waals surface area contributed by atoms with Gasteiger partial charge in [0.2, 0.25) is 0 Å². The normalized spacial score (nSPS) is 11.2. The van der Waals surface area contributed by atoms with Gasteiger partial charge in [0.25, 0.3) is 5.56 Å². The van der Waals surface area contributed by atoms with Gasteiger partial charge in [-0.25, -0.2) is 9.78 Å². The summed E-state index contributed by atoms with van der Waals surface area (Å²) in [7, 11) is 1.59. The number of carboxylic acids is 1. The molecule has 0 saturated heterocycles. The number of carbonyl (C=O) groups is 1. The second-order valence-electron chi connectivity index (χ2n) is 5.10. The van der Waals surface area contributed by atoms with E-state index < -0.39 is 5.97 Å². The van der Waals surface area contributed by atoms with Gasteiger partial charge in [0, 0.05) is 0 Å². The molecule has 3 aromatic rings. The number of ether oxygens (including phenoxy) is 1. The molecular weight excluding hydrogens is 328 g/mol. The van der Waals surface area contributed by atoms with Crippen molar-refractivity contribution in [3.63, 3.8) is 0 Å². The van der Waals surface area contributed by atoms with Crippen LogP contribution in [0.2, 0.25) is 0 Å². The largest absolute Gasteiger partial charge is 0.497 e. The zero-order valence-electron chi connectivity index (χ0n) is 13.0. The van der Waals surface area contributed by atoms with Crippen molar-refractivity contribution >= 4 is 39.7 Å². The molecule has 2 heterocycles.